The topological polar surface area (TPSA) is 34.1 Å². The highest BCUT2D eigenvalue weighted by molar-refractivity contribution is 5.14. The maximum Gasteiger partial charge on any atom is 0.0620 e. The largest absolute Gasteiger partial charge is 0.380 e. The van der Waals surface area contributed by atoms with Gasteiger partial charge in [-0.25, -0.2) is 0 Å². The van der Waals surface area contributed by atoms with E-state index >= 15 is 0 Å². The van der Waals surface area contributed by atoms with E-state index in [0.29, 0.717) is 12.1 Å². The summed E-state index contributed by atoms with van der Waals surface area (Å²) in [4.78, 5) is 4.01. The fourth-order valence-electron chi connectivity index (χ4n) is 1.77. The monoisotopic (exact) mass is 192 g/mol. The summed E-state index contributed by atoms with van der Waals surface area (Å²) in [5, 5.41) is 3.54. The van der Waals surface area contributed by atoms with Gasteiger partial charge in [0, 0.05) is 31.1 Å². The number of rotatable bonds is 3. The van der Waals surface area contributed by atoms with Gasteiger partial charge >= 0.3 is 0 Å². The first-order chi connectivity index (χ1) is 6.86. The minimum absolute atomic E-state index is 0.379. The van der Waals surface area contributed by atoms with E-state index in [1.165, 1.54) is 5.56 Å². The first-order valence-electron chi connectivity index (χ1n) is 5.10. The van der Waals surface area contributed by atoms with Crippen LogP contribution in [-0.2, 0) is 4.74 Å². The molecule has 1 aliphatic heterocycles. The summed E-state index contributed by atoms with van der Waals surface area (Å²) < 4.78 is 5.32. The highest BCUT2D eigenvalue weighted by atomic mass is 16.5. The van der Waals surface area contributed by atoms with Crippen LogP contribution < -0.4 is 5.32 Å². The summed E-state index contributed by atoms with van der Waals surface area (Å²) in [6, 6.07) is 4.99. The van der Waals surface area contributed by atoms with E-state index in [0.717, 1.165) is 19.6 Å². The number of hydrogen-bond acceptors (Lipinski definition) is 3. The molecule has 3 heteroatoms. The van der Waals surface area contributed by atoms with Crippen molar-refractivity contribution in [2.45, 2.75) is 25.4 Å². The van der Waals surface area contributed by atoms with Crippen molar-refractivity contribution in [1.29, 1.82) is 0 Å². The molecule has 0 saturated carbocycles. The van der Waals surface area contributed by atoms with Gasteiger partial charge in [0.1, 0.15) is 0 Å². The average molecular weight is 192 g/mol. The van der Waals surface area contributed by atoms with Gasteiger partial charge in [0.25, 0.3) is 0 Å². The molecule has 0 radical (unpaired) electrons. The molecular formula is C11H16N2O. The van der Waals surface area contributed by atoms with Crippen LogP contribution in [0.25, 0.3) is 0 Å². The molecule has 2 atom stereocenters. The molecular weight excluding hydrogens is 176 g/mol. The van der Waals surface area contributed by atoms with Gasteiger partial charge in [-0.05, 0) is 31.0 Å². The number of hydrogen-bond donors (Lipinski definition) is 1. The molecule has 76 valence electrons. The van der Waals surface area contributed by atoms with E-state index < -0.39 is 0 Å². The summed E-state index contributed by atoms with van der Waals surface area (Å²) >= 11 is 0. The summed E-state index contributed by atoms with van der Waals surface area (Å²) in [5.74, 6) is 0. The molecule has 1 aromatic heterocycles. The van der Waals surface area contributed by atoms with Crippen molar-refractivity contribution < 1.29 is 4.74 Å². The fraction of sp³-hybridized carbons (Fsp3) is 0.545. The van der Waals surface area contributed by atoms with Crippen LogP contribution in [-0.4, -0.2) is 24.2 Å². The number of pyridine rings is 1. The lowest BCUT2D eigenvalue weighted by molar-refractivity contribution is 0.188. The molecule has 2 rings (SSSR count). The van der Waals surface area contributed by atoms with Gasteiger partial charge < -0.3 is 10.1 Å². The Morgan fingerprint density at radius 3 is 2.93 bits per heavy atom. The Bertz CT molecular complexity index is 270. The molecule has 1 unspecified atom stereocenters. The quantitative estimate of drug-likeness (QED) is 0.788. The van der Waals surface area contributed by atoms with Gasteiger partial charge in [0.15, 0.2) is 0 Å². The van der Waals surface area contributed by atoms with E-state index in [4.69, 9.17) is 4.74 Å². The third-order valence-electron chi connectivity index (χ3n) is 2.62. The molecule has 1 saturated heterocycles. The lowest BCUT2D eigenvalue weighted by atomic mass is 10.1. The van der Waals surface area contributed by atoms with Crippen LogP contribution in [0.15, 0.2) is 24.5 Å². The molecule has 1 aromatic rings. The molecule has 2 heterocycles. The Hall–Kier alpha value is -0.930. The predicted molar refractivity (Wildman–Crippen MR) is 55.0 cm³/mol. The second-order valence-corrected chi connectivity index (χ2v) is 3.73. The molecule has 14 heavy (non-hydrogen) atoms. The molecule has 1 fully saturated rings. The minimum Gasteiger partial charge on any atom is -0.380 e. The highest BCUT2D eigenvalue weighted by Crippen LogP contribution is 2.14. The number of nitrogens with one attached hydrogen (secondary N) is 1. The van der Waals surface area contributed by atoms with Crippen LogP contribution in [0.2, 0.25) is 0 Å². The normalized spacial score (nSPS) is 23.6. The molecule has 0 aliphatic carbocycles. The lowest BCUT2D eigenvalue weighted by Crippen LogP contribution is -2.31. The van der Waals surface area contributed by atoms with Crippen molar-refractivity contribution in [3.05, 3.63) is 30.1 Å². The van der Waals surface area contributed by atoms with Crippen LogP contribution in [0.4, 0.5) is 0 Å². The van der Waals surface area contributed by atoms with Gasteiger partial charge in [0.05, 0.1) is 6.61 Å². The summed E-state index contributed by atoms with van der Waals surface area (Å²) in [7, 11) is 0. The maximum atomic E-state index is 5.32. The zero-order chi connectivity index (χ0) is 9.80. The number of aromatic nitrogens is 1. The predicted octanol–water partition coefficient (Wildman–Crippen LogP) is 1.52. The van der Waals surface area contributed by atoms with E-state index in [9.17, 15) is 0 Å². The highest BCUT2D eigenvalue weighted by Gasteiger charge is 2.17. The molecule has 3 nitrogen and oxygen atoms in total. The van der Waals surface area contributed by atoms with Gasteiger partial charge in [-0.1, -0.05) is 0 Å². The smallest absolute Gasteiger partial charge is 0.0620 e. The second-order valence-electron chi connectivity index (χ2n) is 3.73. The third kappa shape index (κ3) is 2.30. The van der Waals surface area contributed by atoms with Crippen molar-refractivity contribution in [2.24, 2.45) is 0 Å². The summed E-state index contributed by atoms with van der Waals surface area (Å²) in [6.45, 7) is 3.91. The zero-order valence-corrected chi connectivity index (χ0v) is 8.44. The van der Waals surface area contributed by atoms with Crippen LogP contribution in [0.3, 0.4) is 0 Å². The fourth-order valence-corrected chi connectivity index (χ4v) is 1.77. The van der Waals surface area contributed by atoms with Gasteiger partial charge in [-0.15, -0.1) is 0 Å². The Labute approximate surface area is 84.5 Å². The van der Waals surface area contributed by atoms with Crippen LogP contribution in [0, 0.1) is 0 Å². The summed E-state index contributed by atoms with van der Waals surface area (Å²) in [6.07, 6.45) is 4.78. The number of nitrogens with zero attached hydrogens (tertiary/aromatic N) is 1. The van der Waals surface area contributed by atoms with E-state index in [-0.39, 0.29) is 0 Å². The minimum atomic E-state index is 0.379. The average Bonchev–Trinajstić information content (AvgIpc) is 2.72. The number of ether oxygens (including phenoxy) is 1. The summed E-state index contributed by atoms with van der Waals surface area (Å²) in [5.41, 5.74) is 1.28. The van der Waals surface area contributed by atoms with Gasteiger partial charge in [-0.3, -0.25) is 4.98 Å². The van der Waals surface area contributed by atoms with Crippen LogP contribution in [0.5, 0.6) is 0 Å². The van der Waals surface area contributed by atoms with Gasteiger partial charge in [-0.2, -0.15) is 0 Å². The van der Waals surface area contributed by atoms with Crippen molar-refractivity contribution in [3.8, 4) is 0 Å². The molecule has 0 aromatic carbocycles. The lowest BCUT2D eigenvalue weighted by Gasteiger charge is -2.18. The van der Waals surface area contributed by atoms with E-state index in [1.54, 1.807) is 0 Å². The second kappa shape index (κ2) is 4.53. The molecule has 0 bridgehead atoms. The Balaban J connectivity index is 1.92. The van der Waals surface area contributed by atoms with Crippen molar-refractivity contribution >= 4 is 0 Å². The van der Waals surface area contributed by atoms with E-state index in [2.05, 4.69) is 17.2 Å². The van der Waals surface area contributed by atoms with Crippen molar-refractivity contribution in [2.75, 3.05) is 13.2 Å². The molecule has 1 N–H and O–H groups in total. The van der Waals surface area contributed by atoms with E-state index in [1.807, 2.05) is 24.5 Å². The first-order valence-corrected chi connectivity index (χ1v) is 5.10. The van der Waals surface area contributed by atoms with Gasteiger partial charge in [0.2, 0.25) is 0 Å². The molecule has 1 aliphatic rings. The SMILES string of the molecule is C[C@H](NC1CCOC1)c1ccncc1. The Morgan fingerprint density at radius 2 is 2.29 bits per heavy atom. The molecule has 0 amide bonds. The van der Waals surface area contributed by atoms with Crippen LogP contribution in [0.1, 0.15) is 24.9 Å². The third-order valence-corrected chi connectivity index (χ3v) is 2.62. The standard InChI is InChI=1S/C11H16N2O/c1-9(10-2-5-12-6-3-10)13-11-4-7-14-8-11/h2-3,5-6,9,11,13H,4,7-8H2,1H3/t9-,11?/m0/s1. The molecule has 0 spiro atoms. The van der Waals surface area contributed by atoms with Crippen LogP contribution >= 0.6 is 0 Å². The van der Waals surface area contributed by atoms with Crippen molar-refractivity contribution in [1.82, 2.24) is 10.3 Å². The maximum absolute atomic E-state index is 5.32. The first kappa shape index (κ1) is 9.62. The Kier molecular flexibility index (Phi) is 3.11. The van der Waals surface area contributed by atoms with Crippen molar-refractivity contribution in [3.63, 3.8) is 0 Å². The zero-order valence-electron chi connectivity index (χ0n) is 8.44. The Morgan fingerprint density at radius 1 is 1.50 bits per heavy atom.